The van der Waals surface area contributed by atoms with Gasteiger partial charge in [0, 0.05) is 17.5 Å². The standard InChI is InChI=1S/C9H7NO5/c11-6-1-4-2-8(15-9(13)14)10-5(4)3-7(6)12/h1-3,10-12H,(H,13,14). The first-order valence-electron chi connectivity index (χ1n) is 4.02. The Hall–Kier alpha value is -2.37. The van der Waals surface area contributed by atoms with Crippen molar-refractivity contribution in [3.8, 4) is 17.4 Å². The lowest BCUT2D eigenvalue weighted by Crippen LogP contribution is -2.02. The minimum atomic E-state index is -1.44. The molecule has 0 unspecified atom stereocenters. The Bertz CT molecular complexity index is 492. The van der Waals surface area contributed by atoms with E-state index >= 15 is 0 Å². The second-order valence-electron chi connectivity index (χ2n) is 2.93. The number of phenols is 2. The summed E-state index contributed by atoms with van der Waals surface area (Å²) >= 11 is 0. The lowest BCUT2D eigenvalue weighted by Gasteiger charge is -1.95. The molecule has 2 aromatic rings. The van der Waals surface area contributed by atoms with Crippen LogP contribution in [-0.4, -0.2) is 26.5 Å². The van der Waals surface area contributed by atoms with Crippen LogP contribution < -0.4 is 4.74 Å². The Balaban J connectivity index is 2.51. The number of nitrogens with one attached hydrogen (secondary N) is 1. The SMILES string of the molecule is O=C(O)Oc1cc2cc(O)c(O)cc2[nH]1. The van der Waals surface area contributed by atoms with E-state index in [1.54, 1.807) is 0 Å². The van der Waals surface area contributed by atoms with Crippen LogP contribution in [-0.2, 0) is 0 Å². The molecule has 6 heteroatoms. The first-order valence-corrected chi connectivity index (χ1v) is 4.02. The largest absolute Gasteiger partial charge is 0.512 e. The highest BCUT2D eigenvalue weighted by molar-refractivity contribution is 5.85. The smallest absolute Gasteiger partial charge is 0.504 e. The molecule has 0 aliphatic carbocycles. The van der Waals surface area contributed by atoms with Gasteiger partial charge >= 0.3 is 6.16 Å². The van der Waals surface area contributed by atoms with E-state index in [1.165, 1.54) is 18.2 Å². The summed E-state index contributed by atoms with van der Waals surface area (Å²) in [5.41, 5.74) is 0.474. The van der Waals surface area contributed by atoms with Crippen LogP contribution in [0.1, 0.15) is 0 Å². The first-order chi connectivity index (χ1) is 7.06. The average Bonchev–Trinajstić information content (AvgIpc) is 2.46. The fourth-order valence-electron chi connectivity index (χ4n) is 1.28. The highest BCUT2D eigenvalue weighted by Gasteiger charge is 2.08. The number of ether oxygens (including phenoxy) is 1. The van der Waals surface area contributed by atoms with Gasteiger partial charge in [-0.25, -0.2) is 4.79 Å². The number of hydrogen-bond donors (Lipinski definition) is 4. The second-order valence-corrected chi connectivity index (χ2v) is 2.93. The van der Waals surface area contributed by atoms with E-state index in [1.807, 2.05) is 0 Å². The Morgan fingerprint density at radius 1 is 1.20 bits per heavy atom. The van der Waals surface area contributed by atoms with Crippen LogP contribution in [0.3, 0.4) is 0 Å². The first kappa shape index (κ1) is 9.20. The van der Waals surface area contributed by atoms with Crippen LogP contribution in [0, 0.1) is 0 Å². The van der Waals surface area contributed by atoms with Crippen molar-refractivity contribution in [2.75, 3.05) is 0 Å². The van der Waals surface area contributed by atoms with E-state index in [-0.39, 0.29) is 17.4 Å². The molecule has 0 spiro atoms. The minimum absolute atomic E-state index is 0.0301. The molecule has 1 aromatic carbocycles. The molecule has 0 atom stereocenters. The maximum absolute atomic E-state index is 10.2. The summed E-state index contributed by atoms with van der Waals surface area (Å²) in [6.07, 6.45) is -1.44. The van der Waals surface area contributed by atoms with Crippen molar-refractivity contribution in [2.24, 2.45) is 0 Å². The molecule has 0 fully saturated rings. The molecule has 4 N–H and O–H groups in total. The number of carboxylic acid groups (broad SMARTS) is 1. The third-order valence-electron chi connectivity index (χ3n) is 1.89. The van der Waals surface area contributed by atoms with Gasteiger partial charge < -0.3 is 25.0 Å². The molecule has 1 aromatic heterocycles. The Morgan fingerprint density at radius 2 is 1.87 bits per heavy atom. The molecule has 6 nitrogen and oxygen atoms in total. The van der Waals surface area contributed by atoms with Crippen LogP contribution in [0.25, 0.3) is 10.9 Å². The summed E-state index contributed by atoms with van der Waals surface area (Å²) in [5, 5.41) is 27.3. The third kappa shape index (κ3) is 1.64. The third-order valence-corrected chi connectivity index (χ3v) is 1.89. The number of aromatic hydroxyl groups is 2. The van der Waals surface area contributed by atoms with Crippen molar-refractivity contribution in [3.05, 3.63) is 18.2 Å². The van der Waals surface area contributed by atoms with Crippen molar-refractivity contribution >= 4 is 17.1 Å². The van der Waals surface area contributed by atoms with Crippen LogP contribution >= 0.6 is 0 Å². The predicted molar refractivity (Wildman–Crippen MR) is 50.3 cm³/mol. The molecule has 1 heterocycles. The zero-order valence-electron chi connectivity index (χ0n) is 7.39. The Kier molecular flexibility index (Phi) is 1.89. The van der Waals surface area contributed by atoms with E-state index in [2.05, 4.69) is 9.72 Å². The summed E-state index contributed by atoms with van der Waals surface area (Å²) < 4.78 is 4.38. The number of rotatable bonds is 1. The van der Waals surface area contributed by atoms with Gasteiger partial charge in [-0.3, -0.25) is 0 Å². The highest BCUT2D eigenvalue weighted by atomic mass is 16.7. The summed E-state index contributed by atoms with van der Waals surface area (Å²) in [6.45, 7) is 0. The molecular weight excluding hydrogens is 202 g/mol. The number of fused-ring (bicyclic) bond motifs is 1. The molecule has 0 saturated carbocycles. The van der Waals surface area contributed by atoms with Gasteiger partial charge in [-0.15, -0.1) is 0 Å². The van der Waals surface area contributed by atoms with Gasteiger partial charge in [-0.1, -0.05) is 0 Å². The molecule has 78 valence electrons. The van der Waals surface area contributed by atoms with E-state index in [4.69, 9.17) is 5.11 Å². The monoisotopic (exact) mass is 209 g/mol. The number of aromatic nitrogens is 1. The fraction of sp³-hybridized carbons (Fsp3) is 0. The van der Waals surface area contributed by atoms with E-state index in [9.17, 15) is 15.0 Å². The maximum Gasteiger partial charge on any atom is 0.512 e. The van der Waals surface area contributed by atoms with Crippen LogP contribution in [0.2, 0.25) is 0 Å². The molecule has 0 bridgehead atoms. The highest BCUT2D eigenvalue weighted by Crippen LogP contribution is 2.31. The van der Waals surface area contributed by atoms with Gasteiger partial charge in [0.25, 0.3) is 0 Å². The van der Waals surface area contributed by atoms with Crippen molar-refractivity contribution in [1.29, 1.82) is 0 Å². The maximum atomic E-state index is 10.2. The molecule has 0 amide bonds. The van der Waals surface area contributed by atoms with Crippen molar-refractivity contribution in [1.82, 2.24) is 4.98 Å². The minimum Gasteiger partial charge on any atom is -0.504 e. The van der Waals surface area contributed by atoms with Gasteiger partial charge in [0.15, 0.2) is 11.5 Å². The number of H-pyrrole nitrogens is 1. The van der Waals surface area contributed by atoms with E-state index < -0.39 is 6.16 Å². The Morgan fingerprint density at radius 3 is 2.53 bits per heavy atom. The molecule has 0 radical (unpaired) electrons. The number of carbonyl (C=O) groups is 1. The van der Waals surface area contributed by atoms with Crippen LogP contribution in [0.15, 0.2) is 18.2 Å². The van der Waals surface area contributed by atoms with Gasteiger partial charge in [0.1, 0.15) is 0 Å². The van der Waals surface area contributed by atoms with Gasteiger partial charge in [-0.05, 0) is 6.07 Å². The zero-order valence-corrected chi connectivity index (χ0v) is 7.39. The van der Waals surface area contributed by atoms with Crippen LogP contribution in [0.4, 0.5) is 4.79 Å². The predicted octanol–water partition coefficient (Wildman–Crippen LogP) is 1.64. The Labute approximate surface area is 83.3 Å². The zero-order chi connectivity index (χ0) is 11.0. The van der Waals surface area contributed by atoms with Crippen LogP contribution in [0.5, 0.6) is 17.4 Å². The summed E-state index contributed by atoms with van der Waals surface area (Å²) in [5.74, 6) is -0.530. The average molecular weight is 209 g/mol. The summed E-state index contributed by atoms with van der Waals surface area (Å²) in [6, 6.07) is 3.98. The van der Waals surface area contributed by atoms with Gasteiger partial charge in [-0.2, -0.15) is 0 Å². The van der Waals surface area contributed by atoms with Crippen molar-refractivity contribution in [2.45, 2.75) is 0 Å². The molecule has 0 aliphatic heterocycles. The second kappa shape index (κ2) is 3.09. The van der Waals surface area contributed by atoms with Gasteiger partial charge in [0.2, 0.25) is 5.88 Å². The summed E-state index contributed by atoms with van der Waals surface area (Å²) in [4.78, 5) is 12.9. The molecule has 0 saturated heterocycles. The lowest BCUT2D eigenvalue weighted by molar-refractivity contribution is 0.143. The van der Waals surface area contributed by atoms with E-state index in [0.29, 0.717) is 10.9 Å². The molecule has 0 aliphatic rings. The fourth-order valence-corrected chi connectivity index (χ4v) is 1.28. The molecule has 15 heavy (non-hydrogen) atoms. The van der Waals surface area contributed by atoms with Gasteiger partial charge in [0.05, 0.1) is 5.52 Å². The van der Waals surface area contributed by atoms with E-state index in [0.717, 1.165) is 0 Å². The summed E-state index contributed by atoms with van der Waals surface area (Å²) in [7, 11) is 0. The molecule has 2 rings (SSSR count). The number of hydrogen-bond acceptors (Lipinski definition) is 4. The van der Waals surface area contributed by atoms with Crippen molar-refractivity contribution < 1.29 is 24.9 Å². The topological polar surface area (TPSA) is 103 Å². The number of benzene rings is 1. The quantitative estimate of drug-likeness (QED) is 0.422. The van der Waals surface area contributed by atoms with Crippen molar-refractivity contribution in [3.63, 3.8) is 0 Å². The lowest BCUT2D eigenvalue weighted by atomic mass is 10.2. The molecular formula is C9H7NO5. The number of aromatic amines is 1. The number of phenolic OH excluding ortho intramolecular Hbond substituents is 2. The normalized spacial score (nSPS) is 10.4.